The van der Waals surface area contributed by atoms with Crippen LogP contribution in [0.2, 0.25) is 0 Å². The van der Waals surface area contributed by atoms with E-state index >= 15 is 0 Å². The molecule has 0 saturated carbocycles. The molecule has 5 nitrogen and oxygen atoms in total. The zero-order valence-electron chi connectivity index (χ0n) is 20.5. The number of thiophene rings is 1. The lowest BCUT2D eigenvalue weighted by atomic mass is 9.84. The number of fused-ring (bicyclic) bond motifs is 1. The summed E-state index contributed by atoms with van der Waals surface area (Å²) in [5.74, 6) is 0.226. The fourth-order valence-corrected chi connectivity index (χ4v) is 6.46. The Hall–Kier alpha value is -2.93. The largest absolute Gasteiger partial charge is 0.361 e. The number of piperidine rings is 1. The van der Waals surface area contributed by atoms with Crippen molar-refractivity contribution in [3.63, 3.8) is 0 Å². The number of rotatable bonds is 8. The third-order valence-corrected chi connectivity index (χ3v) is 8.64. The molecule has 1 amide bonds. The van der Waals surface area contributed by atoms with Gasteiger partial charge in [-0.15, -0.1) is 11.3 Å². The van der Waals surface area contributed by atoms with Crippen LogP contribution in [0, 0.1) is 0 Å². The smallest absolute Gasteiger partial charge is 0.224 e. The van der Waals surface area contributed by atoms with E-state index in [4.69, 9.17) is 0 Å². The Labute approximate surface area is 211 Å². The molecule has 0 radical (unpaired) electrons. The van der Waals surface area contributed by atoms with Crippen molar-refractivity contribution in [1.29, 1.82) is 0 Å². The van der Waals surface area contributed by atoms with Gasteiger partial charge in [-0.3, -0.25) is 9.69 Å². The van der Waals surface area contributed by atoms with Gasteiger partial charge in [0.1, 0.15) is 0 Å². The van der Waals surface area contributed by atoms with Crippen molar-refractivity contribution < 1.29 is 4.79 Å². The van der Waals surface area contributed by atoms with Crippen molar-refractivity contribution in [3.05, 3.63) is 94.3 Å². The van der Waals surface area contributed by atoms with Gasteiger partial charge in [-0.1, -0.05) is 54.6 Å². The highest BCUT2D eigenvalue weighted by Crippen LogP contribution is 2.40. The van der Waals surface area contributed by atoms with Crippen molar-refractivity contribution in [2.45, 2.75) is 37.4 Å². The van der Waals surface area contributed by atoms with Gasteiger partial charge in [0.2, 0.25) is 5.91 Å². The molecular formula is C29H34N4OS. The van der Waals surface area contributed by atoms with Crippen molar-refractivity contribution in [3.8, 4) is 0 Å². The zero-order chi connectivity index (χ0) is 24.3. The fourth-order valence-electron chi connectivity index (χ4n) is 5.39. The lowest BCUT2D eigenvalue weighted by Crippen LogP contribution is -2.51. The first-order valence-electron chi connectivity index (χ1n) is 12.4. The lowest BCUT2D eigenvalue weighted by molar-refractivity contribution is -0.134. The summed E-state index contributed by atoms with van der Waals surface area (Å²) >= 11 is 1.82. The van der Waals surface area contributed by atoms with E-state index in [1.54, 1.807) is 0 Å². The maximum Gasteiger partial charge on any atom is 0.224 e. The van der Waals surface area contributed by atoms with Gasteiger partial charge in [0, 0.05) is 54.1 Å². The number of nitrogens with zero attached hydrogens (tertiary/aromatic N) is 2. The highest BCUT2D eigenvalue weighted by molar-refractivity contribution is 7.10. The Morgan fingerprint density at radius 1 is 1.06 bits per heavy atom. The average Bonchev–Trinajstić information content (AvgIpc) is 3.58. The molecule has 0 spiro atoms. The number of H-pyrrole nitrogens is 1. The number of carbonyl (C=O) groups is 1. The highest BCUT2D eigenvalue weighted by Gasteiger charge is 2.40. The monoisotopic (exact) mass is 486 g/mol. The summed E-state index contributed by atoms with van der Waals surface area (Å²) in [5, 5.41) is 7.06. The van der Waals surface area contributed by atoms with Crippen LogP contribution in [0.15, 0.2) is 78.3 Å². The second kappa shape index (κ2) is 10.4. The van der Waals surface area contributed by atoms with E-state index in [0.29, 0.717) is 13.0 Å². The van der Waals surface area contributed by atoms with Gasteiger partial charge in [-0.2, -0.15) is 0 Å². The van der Waals surface area contributed by atoms with E-state index < -0.39 is 0 Å². The molecule has 1 fully saturated rings. The Kier molecular flexibility index (Phi) is 7.04. The van der Waals surface area contributed by atoms with E-state index in [1.807, 2.05) is 35.6 Å². The molecule has 2 aromatic carbocycles. The summed E-state index contributed by atoms with van der Waals surface area (Å²) in [7, 11) is 4.33. The first-order chi connectivity index (χ1) is 17.1. The molecule has 1 aliphatic rings. The second-order valence-electron chi connectivity index (χ2n) is 9.69. The normalized spacial score (nSPS) is 16.6. The molecule has 6 heteroatoms. The average molecular weight is 487 g/mol. The number of amides is 1. The van der Waals surface area contributed by atoms with Crippen molar-refractivity contribution in [2.75, 3.05) is 27.2 Å². The molecule has 5 rings (SSSR count). The van der Waals surface area contributed by atoms with Crippen molar-refractivity contribution in [2.24, 2.45) is 0 Å². The predicted octanol–water partition coefficient (Wildman–Crippen LogP) is 5.53. The van der Waals surface area contributed by atoms with Crippen LogP contribution in [-0.4, -0.2) is 47.9 Å². The standard InChI is InChI=1S/C29H34N4OS/c1-32(2)29(27-13-8-18-35-27)14-16-33(17-15-29)28(34)19-26(22-9-4-3-5-10-22)31-21-23-20-30-25-12-7-6-11-24(23)25/h3-13,18,20,26,30-31H,14-17,19,21H2,1-2H3. The zero-order valence-corrected chi connectivity index (χ0v) is 21.4. The first-order valence-corrected chi connectivity index (χ1v) is 13.3. The van der Waals surface area contributed by atoms with E-state index in [-0.39, 0.29) is 17.5 Å². The van der Waals surface area contributed by atoms with Crippen molar-refractivity contribution >= 4 is 28.1 Å². The number of nitrogens with one attached hydrogen (secondary N) is 2. The number of likely N-dealkylation sites (tertiary alicyclic amines) is 1. The van der Waals surface area contributed by atoms with Crippen LogP contribution in [0.1, 0.15) is 41.3 Å². The molecule has 1 atom stereocenters. The molecule has 1 unspecified atom stereocenters. The number of aromatic amines is 1. The number of hydrogen-bond acceptors (Lipinski definition) is 4. The van der Waals surface area contributed by atoms with E-state index in [2.05, 4.69) is 88.2 Å². The van der Waals surface area contributed by atoms with Crippen LogP contribution in [0.4, 0.5) is 0 Å². The summed E-state index contributed by atoms with van der Waals surface area (Å²) in [6.45, 7) is 2.29. The highest BCUT2D eigenvalue weighted by atomic mass is 32.1. The van der Waals surface area contributed by atoms with Crippen LogP contribution in [0.3, 0.4) is 0 Å². The van der Waals surface area contributed by atoms with Crippen molar-refractivity contribution in [1.82, 2.24) is 20.1 Å². The number of carbonyl (C=O) groups excluding carboxylic acids is 1. The van der Waals surface area contributed by atoms with Gasteiger partial charge < -0.3 is 15.2 Å². The Morgan fingerprint density at radius 3 is 2.51 bits per heavy atom. The maximum absolute atomic E-state index is 13.5. The number of hydrogen-bond donors (Lipinski definition) is 2. The quantitative estimate of drug-likeness (QED) is 0.344. The minimum Gasteiger partial charge on any atom is -0.361 e. The van der Waals surface area contributed by atoms with Gasteiger partial charge in [-0.25, -0.2) is 0 Å². The summed E-state index contributed by atoms with van der Waals surface area (Å²) in [5.41, 5.74) is 3.54. The molecule has 2 N–H and O–H groups in total. The minimum atomic E-state index is -0.0322. The summed E-state index contributed by atoms with van der Waals surface area (Å²) in [6.07, 6.45) is 4.45. The van der Waals surface area contributed by atoms with Crippen LogP contribution < -0.4 is 5.32 Å². The first kappa shape index (κ1) is 23.8. The third kappa shape index (κ3) is 4.92. The second-order valence-corrected chi connectivity index (χ2v) is 10.6. The summed E-state index contributed by atoms with van der Waals surface area (Å²) in [6, 6.07) is 23.0. The molecule has 0 bridgehead atoms. The molecule has 182 valence electrons. The number of aromatic nitrogens is 1. The van der Waals surface area contributed by atoms with Gasteiger partial charge in [-0.05, 0) is 55.6 Å². The molecule has 1 aliphatic heterocycles. The third-order valence-electron chi connectivity index (χ3n) is 7.57. The Bertz CT molecular complexity index is 1240. The summed E-state index contributed by atoms with van der Waals surface area (Å²) in [4.78, 5) is 22.7. The Balaban J connectivity index is 1.28. The van der Waals surface area contributed by atoms with Gasteiger partial charge in [0.05, 0.1) is 5.54 Å². The summed E-state index contributed by atoms with van der Waals surface area (Å²) < 4.78 is 0. The lowest BCUT2D eigenvalue weighted by Gasteiger charge is -2.46. The van der Waals surface area contributed by atoms with Gasteiger partial charge in [0.15, 0.2) is 0 Å². The molecule has 2 aromatic heterocycles. The van der Waals surface area contributed by atoms with E-state index in [0.717, 1.165) is 37.0 Å². The SMILES string of the molecule is CN(C)C1(c2cccs2)CCN(C(=O)CC(NCc2c[nH]c3ccccc23)c2ccccc2)CC1. The van der Waals surface area contributed by atoms with Gasteiger partial charge in [0.25, 0.3) is 0 Å². The molecule has 35 heavy (non-hydrogen) atoms. The molecule has 3 heterocycles. The van der Waals surface area contributed by atoms with Gasteiger partial charge >= 0.3 is 0 Å². The topological polar surface area (TPSA) is 51.4 Å². The maximum atomic E-state index is 13.5. The molecular weight excluding hydrogens is 452 g/mol. The Morgan fingerprint density at radius 2 is 1.80 bits per heavy atom. The van der Waals surface area contributed by atoms with Crippen LogP contribution in [0.5, 0.6) is 0 Å². The van der Waals surface area contributed by atoms with Crippen LogP contribution >= 0.6 is 11.3 Å². The van der Waals surface area contributed by atoms with E-state index in [1.165, 1.54) is 15.8 Å². The van der Waals surface area contributed by atoms with Crippen LogP contribution in [-0.2, 0) is 16.9 Å². The molecule has 4 aromatic rings. The minimum absolute atomic E-state index is 0.0252. The van der Waals surface area contributed by atoms with Crippen LogP contribution in [0.25, 0.3) is 10.9 Å². The predicted molar refractivity (Wildman–Crippen MR) is 144 cm³/mol. The number of benzene rings is 2. The molecule has 1 saturated heterocycles. The molecule has 0 aliphatic carbocycles. The number of para-hydroxylation sites is 1. The van der Waals surface area contributed by atoms with E-state index in [9.17, 15) is 4.79 Å². The fraction of sp³-hybridized carbons (Fsp3) is 0.345.